The van der Waals surface area contributed by atoms with Crippen LogP contribution in [0.2, 0.25) is 0 Å². The van der Waals surface area contributed by atoms with Crippen LogP contribution >= 0.6 is 0 Å². The van der Waals surface area contributed by atoms with Crippen LogP contribution in [0.1, 0.15) is 47.0 Å². The summed E-state index contributed by atoms with van der Waals surface area (Å²) in [5.41, 5.74) is 2.46. The number of benzene rings is 1. The molecule has 2 N–H and O–H groups in total. The highest BCUT2D eigenvalue weighted by Crippen LogP contribution is 2.24. The van der Waals surface area contributed by atoms with Crippen LogP contribution in [0.5, 0.6) is 0 Å². The van der Waals surface area contributed by atoms with E-state index in [0.717, 1.165) is 13.1 Å². The van der Waals surface area contributed by atoms with Crippen LogP contribution in [-0.2, 0) is 4.79 Å². The highest BCUT2D eigenvalue weighted by atomic mass is 16.3. The Morgan fingerprint density at radius 3 is 2.52 bits per heavy atom. The molecule has 0 spiro atoms. The van der Waals surface area contributed by atoms with E-state index >= 15 is 0 Å². The smallest absolute Gasteiger partial charge is 0.286 e. The molecule has 1 aliphatic heterocycles. The van der Waals surface area contributed by atoms with Crippen LogP contribution in [0.25, 0.3) is 0 Å². The van der Waals surface area contributed by atoms with Crippen molar-refractivity contribution in [3.05, 3.63) is 59.5 Å². The third-order valence-corrected chi connectivity index (χ3v) is 4.92. The SMILES string of the molecule is Cc1ccc(C(CNC(=O)CCNC(=O)c2ccco2)N2CCCC2)cc1. The Morgan fingerprint density at radius 2 is 1.85 bits per heavy atom. The Balaban J connectivity index is 1.48. The molecule has 1 aliphatic rings. The number of nitrogens with zero attached hydrogens (tertiary/aromatic N) is 1. The molecule has 6 heteroatoms. The Morgan fingerprint density at radius 1 is 1.11 bits per heavy atom. The molecule has 6 nitrogen and oxygen atoms in total. The van der Waals surface area contributed by atoms with Crippen LogP contribution in [0.3, 0.4) is 0 Å². The zero-order valence-corrected chi connectivity index (χ0v) is 15.7. The summed E-state index contributed by atoms with van der Waals surface area (Å²) in [7, 11) is 0. The molecule has 27 heavy (non-hydrogen) atoms. The molecule has 1 unspecified atom stereocenters. The molecule has 1 aromatic heterocycles. The zero-order valence-electron chi connectivity index (χ0n) is 15.7. The van der Waals surface area contributed by atoms with E-state index in [4.69, 9.17) is 4.42 Å². The standard InChI is InChI=1S/C21H27N3O3/c1-16-6-8-17(9-7-16)18(24-12-2-3-13-24)15-23-20(25)10-11-22-21(26)19-5-4-14-27-19/h4-9,14,18H,2-3,10-13,15H2,1H3,(H,22,26)(H,23,25). The van der Waals surface area contributed by atoms with Gasteiger partial charge in [0.25, 0.3) is 5.91 Å². The summed E-state index contributed by atoms with van der Waals surface area (Å²) < 4.78 is 5.03. The molecule has 2 amide bonds. The molecule has 1 fully saturated rings. The average molecular weight is 369 g/mol. The largest absolute Gasteiger partial charge is 0.459 e. The van der Waals surface area contributed by atoms with E-state index in [1.807, 2.05) is 0 Å². The molecule has 1 saturated heterocycles. The van der Waals surface area contributed by atoms with Gasteiger partial charge in [-0.15, -0.1) is 0 Å². The fourth-order valence-electron chi connectivity index (χ4n) is 3.38. The topological polar surface area (TPSA) is 74.6 Å². The number of hydrogen-bond donors (Lipinski definition) is 2. The van der Waals surface area contributed by atoms with Gasteiger partial charge in [-0.3, -0.25) is 14.5 Å². The predicted molar refractivity (Wildman–Crippen MR) is 103 cm³/mol. The maximum atomic E-state index is 12.2. The molecule has 0 aliphatic carbocycles. The van der Waals surface area contributed by atoms with E-state index in [0.29, 0.717) is 6.54 Å². The van der Waals surface area contributed by atoms with E-state index < -0.39 is 0 Å². The van der Waals surface area contributed by atoms with Gasteiger partial charge in [-0.05, 0) is 50.6 Å². The summed E-state index contributed by atoms with van der Waals surface area (Å²) in [5.74, 6) is -0.114. The molecule has 2 aromatic rings. The summed E-state index contributed by atoms with van der Waals surface area (Å²) in [6.07, 6.45) is 4.10. The van der Waals surface area contributed by atoms with Crippen molar-refractivity contribution in [3.8, 4) is 0 Å². The van der Waals surface area contributed by atoms with Gasteiger partial charge in [-0.2, -0.15) is 0 Å². The number of furan rings is 1. The third kappa shape index (κ3) is 5.44. The van der Waals surface area contributed by atoms with Gasteiger partial charge in [0.15, 0.2) is 5.76 Å². The van der Waals surface area contributed by atoms with E-state index in [9.17, 15) is 9.59 Å². The Labute approximate surface area is 159 Å². The van der Waals surface area contributed by atoms with Gasteiger partial charge in [0.1, 0.15) is 0 Å². The minimum atomic E-state index is -0.303. The van der Waals surface area contributed by atoms with Gasteiger partial charge in [0, 0.05) is 19.5 Å². The van der Waals surface area contributed by atoms with Gasteiger partial charge in [0.2, 0.25) is 5.91 Å². The third-order valence-electron chi connectivity index (χ3n) is 4.92. The molecule has 0 bridgehead atoms. The fourth-order valence-corrected chi connectivity index (χ4v) is 3.38. The maximum Gasteiger partial charge on any atom is 0.286 e. The van der Waals surface area contributed by atoms with Crippen molar-refractivity contribution in [1.82, 2.24) is 15.5 Å². The summed E-state index contributed by atoms with van der Waals surface area (Å²) in [6.45, 7) is 5.06. The normalized spacial score (nSPS) is 15.4. The average Bonchev–Trinajstić information content (AvgIpc) is 3.37. The lowest BCUT2D eigenvalue weighted by Crippen LogP contribution is -2.38. The first-order valence-electron chi connectivity index (χ1n) is 9.52. The maximum absolute atomic E-state index is 12.2. The van der Waals surface area contributed by atoms with Crippen LogP contribution in [-0.4, -0.2) is 42.9 Å². The number of aryl methyl sites for hydroxylation is 1. The quantitative estimate of drug-likeness (QED) is 0.750. The number of carbonyl (C=O) groups excluding carboxylic acids is 2. The first-order chi connectivity index (χ1) is 13.1. The highest BCUT2D eigenvalue weighted by Gasteiger charge is 2.23. The van der Waals surface area contributed by atoms with Gasteiger partial charge < -0.3 is 15.1 Å². The van der Waals surface area contributed by atoms with Gasteiger partial charge >= 0.3 is 0 Å². The minimum absolute atomic E-state index is 0.0638. The highest BCUT2D eigenvalue weighted by molar-refractivity contribution is 5.91. The lowest BCUT2D eigenvalue weighted by atomic mass is 10.0. The van der Waals surface area contributed by atoms with Crippen molar-refractivity contribution in [2.24, 2.45) is 0 Å². The molecule has 1 aromatic carbocycles. The number of carbonyl (C=O) groups is 2. The number of amides is 2. The van der Waals surface area contributed by atoms with Gasteiger partial charge in [-0.1, -0.05) is 29.8 Å². The lowest BCUT2D eigenvalue weighted by Gasteiger charge is -2.28. The van der Waals surface area contributed by atoms with Crippen LogP contribution < -0.4 is 10.6 Å². The number of likely N-dealkylation sites (tertiary alicyclic amines) is 1. The molecule has 144 valence electrons. The summed E-state index contributed by atoms with van der Waals surface area (Å²) in [4.78, 5) is 26.4. The van der Waals surface area contributed by atoms with Gasteiger partial charge in [0.05, 0.1) is 12.3 Å². The molecular weight excluding hydrogens is 342 g/mol. The number of nitrogens with one attached hydrogen (secondary N) is 2. The van der Waals surface area contributed by atoms with Crippen molar-refractivity contribution >= 4 is 11.8 Å². The van der Waals surface area contributed by atoms with Crippen LogP contribution in [0.15, 0.2) is 47.1 Å². The monoisotopic (exact) mass is 369 g/mol. The second kappa shape index (κ2) is 9.37. The second-order valence-electron chi connectivity index (χ2n) is 6.96. The molecule has 1 atom stereocenters. The van der Waals surface area contributed by atoms with Crippen LogP contribution in [0.4, 0.5) is 0 Å². The molecule has 2 heterocycles. The summed E-state index contributed by atoms with van der Waals surface area (Å²) in [5, 5.41) is 5.72. The van der Waals surface area contributed by atoms with Crippen LogP contribution in [0, 0.1) is 6.92 Å². The zero-order chi connectivity index (χ0) is 19.1. The summed E-state index contributed by atoms with van der Waals surface area (Å²) >= 11 is 0. The Bertz CT molecular complexity index is 735. The predicted octanol–water partition coefficient (Wildman–Crippen LogP) is 2.66. The van der Waals surface area contributed by atoms with Crippen molar-refractivity contribution in [2.45, 2.75) is 32.2 Å². The van der Waals surface area contributed by atoms with Crippen molar-refractivity contribution < 1.29 is 14.0 Å². The van der Waals surface area contributed by atoms with Crippen molar-refractivity contribution in [2.75, 3.05) is 26.2 Å². The molecular formula is C21H27N3O3. The van der Waals surface area contributed by atoms with Crippen molar-refractivity contribution in [3.63, 3.8) is 0 Å². The molecule has 0 saturated carbocycles. The first-order valence-corrected chi connectivity index (χ1v) is 9.52. The fraction of sp³-hybridized carbons (Fsp3) is 0.429. The van der Waals surface area contributed by atoms with E-state index in [1.165, 1.54) is 30.2 Å². The first kappa shape index (κ1) is 19.2. The second-order valence-corrected chi connectivity index (χ2v) is 6.96. The molecule has 0 radical (unpaired) electrons. The Kier molecular flexibility index (Phi) is 6.65. The number of hydrogen-bond acceptors (Lipinski definition) is 4. The van der Waals surface area contributed by atoms with Gasteiger partial charge in [-0.25, -0.2) is 0 Å². The van der Waals surface area contributed by atoms with E-state index in [2.05, 4.69) is 46.7 Å². The van der Waals surface area contributed by atoms with E-state index in [-0.39, 0.29) is 36.6 Å². The van der Waals surface area contributed by atoms with Crippen molar-refractivity contribution in [1.29, 1.82) is 0 Å². The lowest BCUT2D eigenvalue weighted by molar-refractivity contribution is -0.121. The van der Waals surface area contributed by atoms with E-state index in [1.54, 1.807) is 12.1 Å². The minimum Gasteiger partial charge on any atom is -0.459 e. The molecule has 3 rings (SSSR count). The summed E-state index contributed by atoms with van der Waals surface area (Å²) in [6, 6.07) is 12.0. The number of rotatable bonds is 8. The Hall–Kier alpha value is -2.60.